The first-order valence-electron chi connectivity index (χ1n) is 9.71. The van der Waals surface area contributed by atoms with Gasteiger partial charge in [0.25, 0.3) is 5.91 Å². The van der Waals surface area contributed by atoms with Crippen molar-refractivity contribution in [2.45, 2.75) is 31.9 Å². The maximum absolute atomic E-state index is 12.6. The Hall–Kier alpha value is -2.22. The molecule has 4 rings (SSSR count). The van der Waals surface area contributed by atoms with E-state index in [-0.39, 0.29) is 30.7 Å². The van der Waals surface area contributed by atoms with Gasteiger partial charge in [0.2, 0.25) is 11.8 Å². The molecule has 0 saturated carbocycles. The van der Waals surface area contributed by atoms with Gasteiger partial charge in [-0.05, 0) is 19.1 Å². The second-order valence-electron chi connectivity index (χ2n) is 7.61. The number of amides is 3. The number of likely N-dealkylation sites (tertiary alicyclic amines) is 1. The number of nitrogens with one attached hydrogen (secondary N) is 1. The molecule has 28 heavy (non-hydrogen) atoms. The fourth-order valence-electron chi connectivity index (χ4n) is 3.92. The Bertz CT molecular complexity index is 809. The first kappa shape index (κ1) is 19.1. The largest absolute Gasteiger partial charge is 0.467 e. The van der Waals surface area contributed by atoms with Crippen LogP contribution in [0.25, 0.3) is 0 Å². The molecule has 3 aliphatic rings. The minimum Gasteiger partial charge on any atom is -0.467 e. The van der Waals surface area contributed by atoms with Gasteiger partial charge in [0.1, 0.15) is 5.75 Å². The van der Waals surface area contributed by atoms with E-state index in [2.05, 4.69) is 5.32 Å². The zero-order valence-electron chi connectivity index (χ0n) is 16.0. The summed E-state index contributed by atoms with van der Waals surface area (Å²) in [4.78, 5) is 41.2. The quantitative estimate of drug-likeness (QED) is 0.808. The second-order valence-corrected chi connectivity index (χ2v) is 8.83. The molecular formula is C20H25N3O4S. The molecule has 3 aliphatic heterocycles. The lowest BCUT2D eigenvalue weighted by atomic mass is 9.99. The Morgan fingerprint density at radius 1 is 1.21 bits per heavy atom. The first-order valence-corrected chi connectivity index (χ1v) is 10.9. The van der Waals surface area contributed by atoms with Gasteiger partial charge < -0.3 is 19.9 Å². The van der Waals surface area contributed by atoms with Gasteiger partial charge in [-0.25, -0.2) is 0 Å². The fraction of sp³-hybridized carbons (Fsp3) is 0.550. The van der Waals surface area contributed by atoms with E-state index in [0.29, 0.717) is 30.7 Å². The highest BCUT2D eigenvalue weighted by molar-refractivity contribution is 7.99. The van der Waals surface area contributed by atoms with Gasteiger partial charge >= 0.3 is 0 Å². The Labute approximate surface area is 168 Å². The van der Waals surface area contributed by atoms with Crippen LogP contribution in [0.3, 0.4) is 0 Å². The summed E-state index contributed by atoms with van der Waals surface area (Å²) in [6.07, 6.45) is 1.10. The van der Waals surface area contributed by atoms with Crippen LogP contribution in [0.5, 0.6) is 5.75 Å². The number of benzene rings is 1. The molecule has 1 aromatic rings. The molecular weight excluding hydrogens is 378 g/mol. The summed E-state index contributed by atoms with van der Waals surface area (Å²) in [6, 6.07) is 5.53. The molecule has 0 radical (unpaired) electrons. The lowest BCUT2D eigenvalue weighted by Gasteiger charge is -2.38. The number of fused-ring (bicyclic) bond motifs is 1. The predicted molar refractivity (Wildman–Crippen MR) is 106 cm³/mol. The smallest absolute Gasteiger partial charge is 0.258 e. The third kappa shape index (κ3) is 3.83. The molecule has 1 spiro atoms. The van der Waals surface area contributed by atoms with Crippen LogP contribution in [-0.2, 0) is 9.59 Å². The van der Waals surface area contributed by atoms with E-state index in [1.54, 1.807) is 11.0 Å². The molecule has 8 heteroatoms. The monoisotopic (exact) mass is 403 g/mol. The summed E-state index contributed by atoms with van der Waals surface area (Å²) >= 11 is 1.84. The van der Waals surface area contributed by atoms with Crippen molar-refractivity contribution in [3.63, 3.8) is 0 Å². The van der Waals surface area contributed by atoms with Crippen molar-refractivity contribution in [1.29, 1.82) is 0 Å². The number of thioether (sulfide) groups is 1. The molecule has 0 bridgehead atoms. The molecule has 0 aliphatic carbocycles. The third-order valence-electron chi connectivity index (χ3n) is 5.60. The number of aryl methyl sites for hydroxylation is 1. The Morgan fingerprint density at radius 2 is 2.00 bits per heavy atom. The van der Waals surface area contributed by atoms with Gasteiger partial charge in [0, 0.05) is 50.4 Å². The van der Waals surface area contributed by atoms with Crippen molar-refractivity contribution in [1.82, 2.24) is 15.1 Å². The van der Waals surface area contributed by atoms with Gasteiger partial charge in [-0.3, -0.25) is 14.4 Å². The average molecular weight is 404 g/mol. The van der Waals surface area contributed by atoms with E-state index in [1.165, 1.54) is 0 Å². The van der Waals surface area contributed by atoms with E-state index in [9.17, 15) is 14.4 Å². The van der Waals surface area contributed by atoms with Gasteiger partial charge in [-0.15, -0.1) is 0 Å². The van der Waals surface area contributed by atoms with E-state index < -0.39 is 5.72 Å². The summed E-state index contributed by atoms with van der Waals surface area (Å²) in [5.41, 5.74) is 0.621. The highest BCUT2D eigenvalue weighted by Crippen LogP contribution is 2.34. The van der Waals surface area contributed by atoms with E-state index in [0.717, 1.165) is 30.2 Å². The van der Waals surface area contributed by atoms with Crippen molar-refractivity contribution < 1.29 is 19.1 Å². The van der Waals surface area contributed by atoms with Gasteiger partial charge in [0.15, 0.2) is 5.72 Å². The standard InChI is InChI=1S/C20H25N3O4S/c1-14-2-3-16-15(12-14)19(26)21-20(27-16)5-4-17(24)23(7-6-20)13-18(25)22-8-10-28-11-9-22/h2-3,12H,4-11,13H2,1H3,(H,21,26). The minimum atomic E-state index is -0.894. The summed E-state index contributed by atoms with van der Waals surface area (Å²) in [5.74, 6) is 2.20. The second kappa shape index (κ2) is 7.66. The van der Waals surface area contributed by atoms with Gasteiger partial charge in [0.05, 0.1) is 12.1 Å². The number of nitrogens with zero attached hydrogens (tertiary/aromatic N) is 2. The van der Waals surface area contributed by atoms with Crippen molar-refractivity contribution in [2.24, 2.45) is 0 Å². The number of carbonyl (C=O) groups is 3. The van der Waals surface area contributed by atoms with Crippen LogP contribution in [0.15, 0.2) is 18.2 Å². The number of rotatable bonds is 2. The van der Waals surface area contributed by atoms with E-state index in [4.69, 9.17) is 4.74 Å². The van der Waals surface area contributed by atoms with Crippen LogP contribution in [0.4, 0.5) is 0 Å². The van der Waals surface area contributed by atoms with Crippen molar-refractivity contribution in [3.05, 3.63) is 29.3 Å². The molecule has 1 unspecified atom stereocenters. The van der Waals surface area contributed by atoms with Crippen LogP contribution in [0.2, 0.25) is 0 Å². The molecule has 0 aromatic heterocycles. The molecule has 2 fully saturated rings. The van der Waals surface area contributed by atoms with Crippen LogP contribution in [0, 0.1) is 6.92 Å². The van der Waals surface area contributed by atoms with Crippen LogP contribution < -0.4 is 10.1 Å². The SMILES string of the molecule is Cc1ccc2c(c1)C(=O)NC1(CCC(=O)N(CC(=O)N3CCSCC3)CC1)O2. The normalized spacial score (nSPS) is 25.0. The molecule has 1 atom stereocenters. The number of carbonyl (C=O) groups excluding carboxylic acids is 3. The highest BCUT2D eigenvalue weighted by Gasteiger charge is 2.43. The van der Waals surface area contributed by atoms with Crippen molar-refractivity contribution in [2.75, 3.05) is 37.7 Å². The van der Waals surface area contributed by atoms with Crippen LogP contribution >= 0.6 is 11.8 Å². The fourth-order valence-corrected chi connectivity index (χ4v) is 4.83. The number of hydrogen-bond acceptors (Lipinski definition) is 5. The summed E-state index contributed by atoms with van der Waals surface area (Å²) in [7, 11) is 0. The topological polar surface area (TPSA) is 79.0 Å². The molecule has 2 saturated heterocycles. The van der Waals surface area contributed by atoms with Gasteiger partial charge in [-0.2, -0.15) is 11.8 Å². The van der Waals surface area contributed by atoms with E-state index >= 15 is 0 Å². The minimum absolute atomic E-state index is 0.000908. The van der Waals surface area contributed by atoms with Crippen LogP contribution in [-0.4, -0.2) is 70.9 Å². The number of hydrogen-bond donors (Lipinski definition) is 1. The average Bonchev–Trinajstić information content (AvgIpc) is 2.84. The Kier molecular flexibility index (Phi) is 5.23. The summed E-state index contributed by atoms with van der Waals surface area (Å²) in [5, 5.41) is 2.97. The first-order chi connectivity index (χ1) is 13.5. The maximum Gasteiger partial charge on any atom is 0.258 e. The molecule has 1 N–H and O–H groups in total. The number of ether oxygens (including phenoxy) is 1. The Morgan fingerprint density at radius 3 is 2.79 bits per heavy atom. The maximum atomic E-state index is 12.6. The lowest BCUT2D eigenvalue weighted by Crippen LogP contribution is -2.56. The van der Waals surface area contributed by atoms with E-state index in [1.807, 2.05) is 35.7 Å². The molecule has 1 aromatic carbocycles. The summed E-state index contributed by atoms with van der Waals surface area (Å²) in [6.45, 7) is 3.89. The van der Waals surface area contributed by atoms with Crippen LogP contribution in [0.1, 0.15) is 35.2 Å². The zero-order valence-corrected chi connectivity index (χ0v) is 16.8. The third-order valence-corrected chi connectivity index (χ3v) is 6.54. The predicted octanol–water partition coefficient (Wildman–Crippen LogP) is 1.40. The van der Waals surface area contributed by atoms with Crippen molar-refractivity contribution in [3.8, 4) is 5.75 Å². The van der Waals surface area contributed by atoms with Gasteiger partial charge in [-0.1, -0.05) is 11.6 Å². The highest BCUT2D eigenvalue weighted by atomic mass is 32.2. The molecule has 7 nitrogen and oxygen atoms in total. The molecule has 3 heterocycles. The molecule has 150 valence electrons. The zero-order chi connectivity index (χ0) is 19.7. The molecule has 3 amide bonds. The lowest BCUT2D eigenvalue weighted by molar-refractivity contribution is -0.140. The Balaban J connectivity index is 1.45. The van der Waals surface area contributed by atoms with Crippen molar-refractivity contribution >= 4 is 29.5 Å². The summed E-state index contributed by atoms with van der Waals surface area (Å²) < 4.78 is 6.17.